The molecular weight excluding hydrogens is 159 g/mol. The Morgan fingerprint density at radius 2 is 2.10 bits per heavy atom. The number of hydrogen-bond donors (Lipinski definition) is 3. The van der Waals surface area contributed by atoms with Gasteiger partial charge in [-0.05, 0) is 6.54 Å². The van der Waals surface area contributed by atoms with E-state index in [0.29, 0.717) is 0 Å². The maximum Gasteiger partial charge on any atom is 0.752 e. The maximum absolute atomic E-state index is 9.47. The van der Waals surface area contributed by atoms with Crippen molar-refractivity contribution in [1.82, 2.24) is 0 Å². The first-order valence-electron chi connectivity index (χ1n) is 2.38. The molecule has 60 valence electrons. The second-order valence-electron chi connectivity index (χ2n) is 1.06. The van der Waals surface area contributed by atoms with Gasteiger partial charge in [-0.15, -0.1) is 4.89 Å². The molecule has 0 aliphatic heterocycles. The first-order valence-corrected chi connectivity index (χ1v) is 3.51. The fraction of sp³-hybridized carbons (Fsp3) is 0.667. The minimum Gasteiger partial charge on any atom is -0.331 e. The average molecular weight is 169 g/mol. The summed E-state index contributed by atoms with van der Waals surface area (Å²) < 4.78 is 12.9. The molecule has 6 nitrogen and oxygen atoms in total. The van der Waals surface area contributed by atoms with Crippen molar-refractivity contribution in [3.63, 3.8) is 0 Å². The number of carbonyl (C=O) groups is 1. The number of nitrogens with two attached hydrogens (primary N) is 2. The summed E-state index contributed by atoms with van der Waals surface area (Å²) >= 11 is 0. The summed E-state index contributed by atoms with van der Waals surface area (Å²) in [5.41, 5.74) is 9.14. The molecule has 7 heteroatoms. The molecule has 0 saturated heterocycles. The zero-order chi connectivity index (χ0) is 8.57. The van der Waals surface area contributed by atoms with Crippen LogP contribution in [0.25, 0.3) is 0 Å². The third kappa shape index (κ3) is 26.6. The summed E-state index contributed by atoms with van der Waals surface area (Å²) in [7, 11) is -2.86. The van der Waals surface area contributed by atoms with Crippen LogP contribution in [0.1, 0.15) is 6.92 Å². The molecule has 1 unspecified atom stereocenters. The van der Waals surface area contributed by atoms with E-state index in [2.05, 4.69) is 10.3 Å². The van der Waals surface area contributed by atoms with E-state index in [9.17, 15) is 9.36 Å². The maximum atomic E-state index is 9.47. The van der Waals surface area contributed by atoms with Crippen LogP contribution in [0.15, 0.2) is 0 Å². The van der Waals surface area contributed by atoms with E-state index >= 15 is 0 Å². The first kappa shape index (κ1) is 12.0. The topological polar surface area (TPSA) is 116 Å². The summed E-state index contributed by atoms with van der Waals surface area (Å²) in [5.74, 6) is 0. The third-order valence-corrected chi connectivity index (χ3v) is 0.504. The number of rotatable bonds is 1. The molecule has 0 bridgehead atoms. The molecule has 0 radical (unpaired) electrons. The van der Waals surface area contributed by atoms with Gasteiger partial charge in [0.1, 0.15) is 0 Å². The van der Waals surface area contributed by atoms with Crippen molar-refractivity contribution in [2.24, 2.45) is 11.5 Å². The highest BCUT2D eigenvalue weighted by molar-refractivity contribution is 7.32. The van der Waals surface area contributed by atoms with Crippen LogP contribution in [0.3, 0.4) is 0 Å². The number of hydrogen-bond acceptors (Lipinski definition) is 4. The number of amides is 1. The zero-order valence-electron chi connectivity index (χ0n) is 5.48. The molecular formula is C3H10N2O4P+. The molecule has 1 atom stereocenters. The van der Waals surface area contributed by atoms with E-state index in [4.69, 9.17) is 10.6 Å². The van der Waals surface area contributed by atoms with Crippen molar-refractivity contribution in [3.05, 3.63) is 0 Å². The van der Waals surface area contributed by atoms with Gasteiger partial charge in [0.15, 0.2) is 0 Å². The van der Waals surface area contributed by atoms with Gasteiger partial charge in [0.2, 0.25) is 0 Å². The van der Waals surface area contributed by atoms with E-state index in [1.807, 2.05) is 6.92 Å². The highest BCUT2D eigenvalue weighted by Gasteiger charge is 2.15. The first-order chi connectivity index (χ1) is 4.54. The van der Waals surface area contributed by atoms with Crippen molar-refractivity contribution in [2.45, 2.75) is 6.92 Å². The van der Waals surface area contributed by atoms with Gasteiger partial charge in [-0.25, -0.2) is 4.79 Å². The lowest BCUT2D eigenvalue weighted by molar-refractivity contribution is 0.207. The van der Waals surface area contributed by atoms with Crippen molar-refractivity contribution in [1.29, 1.82) is 0 Å². The quantitative estimate of drug-likeness (QED) is 0.466. The molecule has 0 aliphatic rings. The van der Waals surface area contributed by atoms with Crippen LogP contribution in [0.4, 0.5) is 4.79 Å². The Morgan fingerprint density at radius 1 is 1.80 bits per heavy atom. The average Bonchev–Trinajstić information content (AvgIpc) is 1.62. The molecule has 0 fully saturated rings. The Balaban J connectivity index is 0. The van der Waals surface area contributed by atoms with Crippen molar-refractivity contribution in [2.75, 3.05) is 6.54 Å². The zero-order valence-corrected chi connectivity index (χ0v) is 6.38. The van der Waals surface area contributed by atoms with Crippen molar-refractivity contribution in [3.8, 4) is 0 Å². The summed E-state index contributed by atoms with van der Waals surface area (Å²) in [5, 5.41) is 0. The van der Waals surface area contributed by atoms with Gasteiger partial charge in [0.25, 0.3) is 0 Å². The van der Waals surface area contributed by atoms with E-state index < -0.39 is 14.3 Å². The normalized spacial score (nSPS) is 8.90. The molecule has 0 spiro atoms. The molecule has 0 aliphatic carbocycles. The lowest BCUT2D eigenvalue weighted by Crippen LogP contribution is -2.07. The number of primary amides is 1. The Morgan fingerprint density at radius 3 is 2.10 bits per heavy atom. The molecule has 1 amide bonds. The van der Waals surface area contributed by atoms with E-state index in [1.165, 1.54) is 0 Å². The van der Waals surface area contributed by atoms with Crippen LogP contribution in [0, 0.1) is 0 Å². The monoisotopic (exact) mass is 169 g/mol. The van der Waals surface area contributed by atoms with E-state index in [1.54, 1.807) is 0 Å². The predicted molar refractivity (Wildman–Crippen MR) is 35.2 cm³/mol. The standard InChI is InChI=1S/C2H7N.CH2NO4P/c1-2-3;2-1(3)6-7(4)5/h2-3H2,1H3;(H2-,2,3,4,5)/p+1. The number of carbonyl (C=O) groups excluding carboxylic acids is 1. The molecule has 0 saturated carbocycles. The van der Waals surface area contributed by atoms with Crippen LogP contribution in [-0.2, 0) is 9.09 Å². The van der Waals surface area contributed by atoms with Gasteiger partial charge in [-0.1, -0.05) is 6.92 Å². The highest BCUT2D eigenvalue weighted by Crippen LogP contribution is 2.12. The molecule has 10 heavy (non-hydrogen) atoms. The summed E-state index contributed by atoms with van der Waals surface area (Å²) in [4.78, 5) is 17.2. The second-order valence-corrected chi connectivity index (χ2v) is 1.71. The highest BCUT2D eigenvalue weighted by atomic mass is 31.1. The molecule has 0 aromatic rings. The summed E-state index contributed by atoms with van der Waals surface area (Å²) in [6, 6.07) is 0. The predicted octanol–water partition coefficient (Wildman–Crippen LogP) is -0.304. The Kier molecular flexibility index (Phi) is 9.96. The van der Waals surface area contributed by atoms with Gasteiger partial charge in [0, 0.05) is 4.57 Å². The summed E-state index contributed by atoms with van der Waals surface area (Å²) in [6.45, 7) is 2.65. The SMILES string of the molecule is CCN.NC(=O)O[P+](=O)O. The molecule has 0 aromatic carbocycles. The van der Waals surface area contributed by atoms with Gasteiger partial charge in [-0.2, -0.15) is 4.52 Å². The summed E-state index contributed by atoms with van der Waals surface area (Å²) in [6.07, 6.45) is -1.25. The lowest BCUT2D eigenvalue weighted by atomic mass is 10.8. The van der Waals surface area contributed by atoms with E-state index in [0.717, 1.165) is 6.54 Å². The fourth-order valence-corrected chi connectivity index (χ4v) is 0.231. The van der Waals surface area contributed by atoms with Gasteiger partial charge in [-0.3, -0.25) is 0 Å². The third-order valence-electron chi connectivity index (χ3n) is 0.168. The Bertz CT molecular complexity index is 105. The van der Waals surface area contributed by atoms with Crippen LogP contribution >= 0.6 is 8.25 Å². The van der Waals surface area contributed by atoms with Crippen LogP contribution in [0.2, 0.25) is 0 Å². The smallest absolute Gasteiger partial charge is 0.331 e. The minimum atomic E-state index is -2.86. The Labute approximate surface area is 59.1 Å². The Hall–Kier alpha value is -0.710. The minimum absolute atomic E-state index is 0.750. The van der Waals surface area contributed by atoms with Crippen LogP contribution in [-0.4, -0.2) is 17.5 Å². The van der Waals surface area contributed by atoms with Gasteiger partial charge < -0.3 is 11.5 Å². The second kappa shape index (κ2) is 8.29. The van der Waals surface area contributed by atoms with Crippen LogP contribution in [0.5, 0.6) is 0 Å². The fourth-order valence-electron chi connectivity index (χ4n) is 0.0770. The van der Waals surface area contributed by atoms with E-state index in [-0.39, 0.29) is 0 Å². The molecule has 0 heterocycles. The molecule has 0 aromatic heterocycles. The van der Waals surface area contributed by atoms with Crippen molar-refractivity contribution < 1.29 is 18.8 Å². The van der Waals surface area contributed by atoms with Gasteiger partial charge in [0.05, 0.1) is 0 Å². The molecule has 0 rings (SSSR count). The van der Waals surface area contributed by atoms with Crippen molar-refractivity contribution >= 4 is 14.3 Å². The lowest BCUT2D eigenvalue weighted by Gasteiger charge is -1.71. The van der Waals surface area contributed by atoms with Gasteiger partial charge >= 0.3 is 14.3 Å². The largest absolute Gasteiger partial charge is 0.752 e. The van der Waals surface area contributed by atoms with Crippen LogP contribution < -0.4 is 11.5 Å². The molecule has 5 N–H and O–H groups in total.